The van der Waals surface area contributed by atoms with Gasteiger partial charge in [-0.15, -0.1) is 0 Å². The number of benzene rings is 2. The van der Waals surface area contributed by atoms with Gasteiger partial charge in [-0.05, 0) is 49.2 Å². The fraction of sp³-hybridized carbons (Fsp3) is 0.235. The molecule has 104 valence electrons. The van der Waals surface area contributed by atoms with Gasteiger partial charge in [0.1, 0.15) is 11.6 Å². The number of hydrogen-bond donors (Lipinski definition) is 0. The third kappa shape index (κ3) is 3.05. The Kier molecular flexibility index (Phi) is 4.18. The number of ketones is 1. The minimum absolute atomic E-state index is 0.0701. The SMILES string of the molecule is COc1ccc(C)cc1C(=O)Cc1cc(F)ccc1C. The molecule has 0 bridgehead atoms. The van der Waals surface area contributed by atoms with Crippen molar-refractivity contribution in [3.8, 4) is 5.75 Å². The second kappa shape index (κ2) is 5.87. The van der Waals surface area contributed by atoms with Crippen molar-refractivity contribution in [1.29, 1.82) is 0 Å². The summed E-state index contributed by atoms with van der Waals surface area (Å²) in [6.45, 7) is 3.79. The van der Waals surface area contributed by atoms with Gasteiger partial charge >= 0.3 is 0 Å². The zero-order valence-corrected chi connectivity index (χ0v) is 11.9. The highest BCUT2D eigenvalue weighted by molar-refractivity contribution is 6.00. The van der Waals surface area contributed by atoms with E-state index in [1.54, 1.807) is 18.2 Å². The van der Waals surface area contributed by atoms with E-state index in [0.29, 0.717) is 16.9 Å². The molecule has 0 aliphatic carbocycles. The average Bonchev–Trinajstić information content (AvgIpc) is 2.42. The van der Waals surface area contributed by atoms with Crippen molar-refractivity contribution in [2.75, 3.05) is 7.11 Å². The van der Waals surface area contributed by atoms with Crippen LogP contribution in [0.25, 0.3) is 0 Å². The molecule has 2 rings (SSSR count). The van der Waals surface area contributed by atoms with Crippen molar-refractivity contribution >= 4 is 5.78 Å². The predicted molar refractivity (Wildman–Crippen MR) is 76.9 cm³/mol. The molecule has 0 aliphatic heterocycles. The Balaban J connectivity index is 2.32. The van der Waals surface area contributed by atoms with E-state index in [9.17, 15) is 9.18 Å². The zero-order valence-electron chi connectivity index (χ0n) is 11.9. The lowest BCUT2D eigenvalue weighted by Gasteiger charge is -2.10. The van der Waals surface area contributed by atoms with Gasteiger partial charge in [-0.2, -0.15) is 0 Å². The topological polar surface area (TPSA) is 26.3 Å². The Labute approximate surface area is 118 Å². The summed E-state index contributed by atoms with van der Waals surface area (Å²) in [4.78, 5) is 12.4. The Morgan fingerprint density at radius 1 is 1.15 bits per heavy atom. The first-order chi connectivity index (χ1) is 9.51. The molecule has 0 heterocycles. The Morgan fingerprint density at radius 2 is 1.90 bits per heavy atom. The molecule has 2 aromatic carbocycles. The zero-order chi connectivity index (χ0) is 14.7. The molecular formula is C17H17FO2. The van der Waals surface area contributed by atoms with Gasteiger partial charge in [0.2, 0.25) is 0 Å². The summed E-state index contributed by atoms with van der Waals surface area (Å²) in [5, 5.41) is 0. The number of carbonyl (C=O) groups excluding carboxylic acids is 1. The predicted octanol–water partition coefficient (Wildman–Crippen LogP) is 3.88. The molecule has 0 saturated heterocycles. The van der Waals surface area contributed by atoms with Gasteiger partial charge in [-0.1, -0.05) is 17.7 Å². The van der Waals surface area contributed by atoms with E-state index in [-0.39, 0.29) is 18.0 Å². The largest absolute Gasteiger partial charge is 0.496 e. The van der Waals surface area contributed by atoms with Crippen molar-refractivity contribution in [1.82, 2.24) is 0 Å². The molecule has 0 aliphatic rings. The Bertz CT molecular complexity index is 647. The Morgan fingerprint density at radius 3 is 2.60 bits per heavy atom. The van der Waals surface area contributed by atoms with E-state index in [2.05, 4.69) is 0 Å². The van der Waals surface area contributed by atoms with Gasteiger partial charge in [-0.3, -0.25) is 4.79 Å². The van der Waals surface area contributed by atoms with Gasteiger partial charge < -0.3 is 4.74 Å². The molecule has 0 unspecified atom stereocenters. The van der Waals surface area contributed by atoms with E-state index < -0.39 is 0 Å². The molecule has 3 heteroatoms. The molecule has 0 saturated carbocycles. The highest BCUT2D eigenvalue weighted by Gasteiger charge is 2.14. The number of methoxy groups -OCH3 is 1. The molecule has 0 N–H and O–H groups in total. The van der Waals surface area contributed by atoms with Crippen LogP contribution in [0.5, 0.6) is 5.75 Å². The summed E-state index contributed by atoms with van der Waals surface area (Å²) in [6, 6.07) is 9.97. The monoisotopic (exact) mass is 272 g/mol. The van der Waals surface area contributed by atoms with Gasteiger partial charge in [0, 0.05) is 6.42 Å². The fourth-order valence-corrected chi connectivity index (χ4v) is 2.14. The van der Waals surface area contributed by atoms with Crippen LogP contribution in [0.1, 0.15) is 27.0 Å². The number of halogens is 1. The number of Topliss-reactive ketones (excluding diaryl/α,β-unsaturated/α-hetero) is 1. The van der Waals surface area contributed by atoms with Crippen LogP contribution in [0.2, 0.25) is 0 Å². The third-order valence-corrected chi connectivity index (χ3v) is 3.32. The maximum Gasteiger partial charge on any atom is 0.170 e. The first-order valence-electron chi connectivity index (χ1n) is 6.44. The molecule has 0 spiro atoms. The first kappa shape index (κ1) is 14.3. The quantitative estimate of drug-likeness (QED) is 0.790. The van der Waals surface area contributed by atoms with Gasteiger partial charge in [-0.25, -0.2) is 4.39 Å². The van der Waals surface area contributed by atoms with E-state index in [4.69, 9.17) is 4.74 Å². The van der Waals surface area contributed by atoms with Crippen molar-refractivity contribution in [2.24, 2.45) is 0 Å². The highest BCUT2D eigenvalue weighted by atomic mass is 19.1. The van der Waals surface area contributed by atoms with Crippen LogP contribution in [0.3, 0.4) is 0 Å². The molecule has 20 heavy (non-hydrogen) atoms. The summed E-state index contributed by atoms with van der Waals surface area (Å²) in [7, 11) is 1.54. The number of hydrogen-bond acceptors (Lipinski definition) is 2. The van der Waals surface area contributed by atoms with Crippen molar-refractivity contribution < 1.29 is 13.9 Å². The molecule has 0 aromatic heterocycles. The van der Waals surface area contributed by atoms with E-state index in [0.717, 1.165) is 11.1 Å². The normalized spacial score (nSPS) is 10.4. The molecule has 2 nitrogen and oxygen atoms in total. The molecule has 2 aromatic rings. The van der Waals surface area contributed by atoms with Crippen molar-refractivity contribution in [3.63, 3.8) is 0 Å². The fourth-order valence-electron chi connectivity index (χ4n) is 2.14. The summed E-state index contributed by atoms with van der Waals surface area (Å²) in [5.41, 5.74) is 3.14. The number of aryl methyl sites for hydroxylation is 2. The second-order valence-electron chi connectivity index (χ2n) is 4.87. The van der Waals surface area contributed by atoms with Crippen LogP contribution < -0.4 is 4.74 Å². The van der Waals surface area contributed by atoms with Crippen LogP contribution in [-0.2, 0) is 6.42 Å². The Hall–Kier alpha value is -2.16. The van der Waals surface area contributed by atoms with Crippen LogP contribution in [-0.4, -0.2) is 12.9 Å². The summed E-state index contributed by atoms with van der Waals surface area (Å²) in [6.07, 6.45) is 0.170. The van der Waals surface area contributed by atoms with E-state index in [1.807, 2.05) is 19.9 Å². The molecule has 0 fully saturated rings. The van der Waals surface area contributed by atoms with Crippen LogP contribution in [0.15, 0.2) is 36.4 Å². The second-order valence-corrected chi connectivity index (χ2v) is 4.87. The van der Waals surface area contributed by atoms with Gasteiger partial charge in [0.15, 0.2) is 5.78 Å². The molecular weight excluding hydrogens is 255 g/mol. The minimum atomic E-state index is -0.324. The number of ether oxygens (including phenoxy) is 1. The van der Waals surface area contributed by atoms with E-state index >= 15 is 0 Å². The standard InChI is InChI=1S/C17H17FO2/c1-11-4-7-17(20-3)15(8-11)16(19)10-13-9-14(18)6-5-12(13)2/h4-9H,10H2,1-3H3. The van der Waals surface area contributed by atoms with Crippen LogP contribution in [0.4, 0.5) is 4.39 Å². The van der Waals surface area contributed by atoms with Crippen molar-refractivity contribution in [3.05, 3.63) is 64.5 Å². The van der Waals surface area contributed by atoms with Crippen molar-refractivity contribution in [2.45, 2.75) is 20.3 Å². The lowest BCUT2D eigenvalue weighted by atomic mass is 9.98. The average molecular weight is 272 g/mol. The highest BCUT2D eigenvalue weighted by Crippen LogP contribution is 2.22. The lowest BCUT2D eigenvalue weighted by Crippen LogP contribution is -2.07. The van der Waals surface area contributed by atoms with Gasteiger partial charge in [0.25, 0.3) is 0 Å². The minimum Gasteiger partial charge on any atom is -0.496 e. The molecule has 0 radical (unpaired) electrons. The van der Waals surface area contributed by atoms with Crippen LogP contribution in [0, 0.1) is 19.7 Å². The smallest absolute Gasteiger partial charge is 0.170 e. The molecule has 0 amide bonds. The summed E-state index contributed by atoms with van der Waals surface area (Å²) in [5.74, 6) is 0.156. The molecule has 0 atom stereocenters. The van der Waals surface area contributed by atoms with Crippen LogP contribution >= 0.6 is 0 Å². The lowest BCUT2D eigenvalue weighted by molar-refractivity contribution is 0.0989. The number of carbonyl (C=O) groups is 1. The number of rotatable bonds is 4. The maximum atomic E-state index is 13.3. The first-order valence-corrected chi connectivity index (χ1v) is 6.44. The third-order valence-electron chi connectivity index (χ3n) is 3.32. The maximum absolute atomic E-state index is 13.3. The van der Waals surface area contributed by atoms with Gasteiger partial charge in [0.05, 0.1) is 12.7 Å². The summed E-state index contributed by atoms with van der Waals surface area (Å²) >= 11 is 0. The summed E-state index contributed by atoms with van der Waals surface area (Å²) < 4.78 is 18.5. The van der Waals surface area contributed by atoms with E-state index in [1.165, 1.54) is 19.2 Å².